The summed E-state index contributed by atoms with van der Waals surface area (Å²) in [6.07, 6.45) is 8.21. The Morgan fingerprint density at radius 1 is 0.857 bits per heavy atom. The van der Waals surface area contributed by atoms with Gasteiger partial charge in [-0.15, -0.1) is 0 Å². The second kappa shape index (κ2) is 4.67. The average molecular weight is 271 g/mol. The lowest BCUT2D eigenvalue weighted by atomic mass is 10.0. The minimum absolute atomic E-state index is 1.08. The molecule has 4 rings (SSSR count). The van der Waals surface area contributed by atoms with E-state index in [0.717, 1.165) is 5.69 Å². The minimum atomic E-state index is 1.08. The topological polar surface area (TPSA) is 16.8 Å². The molecule has 0 saturated heterocycles. The zero-order valence-electron chi connectivity index (χ0n) is 11.8. The first kappa shape index (κ1) is 12.0. The highest BCUT2D eigenvalue weighted by Crippen LogP contribution is 2.43. The molecule has 2 aromatic heterocycles. The number of hydrogen-bond acceptors (Lipinski definition) is 1. The van der Waals surface area contributed by atoms with Gasteiger partial charge in [0.05, 0.1) is 5.69 Å². The van der Waals surface area contributed by atoms with Gasteiger partial charge >= 0.3 is 0 Å². The molecule has 1 aliphatic carbocycles. The monoisotopic (exact) mass is 271 g/mol. The fraction of sp³-hybridized carbons (Fsp3) is 0.0526. The zero-order chi connectivity index (χ0) is 14.2. The number of aromatic nitrogens is 2. The van der Waals surface area contributed by atoms with E-state index in [9.17, 15) is 0 Å². The highest BCUT2D eigenvalue weighted by atomic mass is 14.9. The quantitative estimate of drug-likeness (QED) is 0.484. The van der Waals surface area contributed by atoms with Crippen LogP contribution in [-0.2, 0) is 7.05 Å². The molecule has 100 valence electrons. The maximum absolute atomic E-state index is 4.60. The lowest BCUT2D eigenvalue weighted by molar-refractivity contribution is -0.671. The number of aryl methyl sites for hydroxylation is 1. The molecule has 2 heteroatoms. The van der Waals surface area contributed by atoms with Crippen molar-refractivity contribution < 1.29 is 4.57 Å². The first-order valence-electron chi connectivity index (χ1n) is 7.05. The molecule has 2 nitrogen and oxygen atoms in total. The molecule has 0 N–H and O–H groups in total. The summed E-state index contributed by atoms with van der Waals surface area (Å²) in [6.45, 7) is 0. The van der Waals surface area contributed by atoms with E-state index in [4.69, 9.17) is 0 Å². The van der Waals surface area contributed by atoms with Crippen LogP contribution in [0.4, 0.5) is 0 Å². The lowest BCUT2D eigenvalue weighted by Gasteiger charge is -2.01. The first-order chi connectivity index (χ1) is 10.3. The third-order valence-corrected chi connectivity index (χ3v) is 3.89. The van der Waals surface area contributed by atoms with E-state index >= 15 is 0 Å². The van der Waals surface area contributed by atoms with Gasteiger partial charge in [-0.2, -0.15) is 0 Å². The number of nitrogens with zero attached hydrogens (tertiary/aromatic N) is 2. The summed E-state index contributed by atoms with van der Waals surface area (Å²) in [5.74, 6) is 0. The molecule has 0 atom stereocenters. The molecule has 1 aliphatic rings. The van der Waals surface area contributed by atoms with Crippen LogP contribution in [0, 0.1) is 0 Å². The van der Waals surface area contributed by atoms with Crippen LogP contribution in [-0.4, -0.2) is 4.98 Å². The standard InChI is InChI=1S/C19H15N2/c1-21-11-8-14(9-12-21)13-18-16-6-3-2-5-15(16)17-7-4-10-20-19(17)18/h2-13H,1H3/q+1. The first-order valence-corrected chi connectivity index (χ1v) is 7.05. The largest absolute Gasteiger partial charge is 0.256 e. The van der Waals surface area contributed by atoms with Crippen molar-refractivity contribution in [3.05, 3.63) is 83.9 Å². The summed E-state index contributed by atoms with van der Waals surface area (Å²) in [5, 5.41) is 0. The molecule has 0 aliphatic heterocycles. The van der Waals surface area contributed by atoms with E-state index in [1.165, 1.54) is 27.8 Å². The molecular formula is C19H15N2+. The predicted octanol–water partition coefficient (Wildman–Crippen LogP) is 3.48. The van der Waals surface area contributed by atoms with E-state index in [1.807, 2.05) is 23.9 Å². The fourth-order valence-electron chi connectivity index (χ4n) is 2.84. The summed E-state index contributed by atoms with van der Waals surface area (Å²) in [6, 6.07) is 16.9. The molecule has 0 amide bonds. The van der Waals surface area contributed by atoms with Gasteiger partial charge in [0.1, 0.15) is 7.05 Å². The van der Waals surface area contributed by atoms with E-state index in [-0.39, 0.29) is 0 Å². The molecule has 0 spiro atoms. The second-order valence-corrected chi connectivity index (χ2v) is 5.30. The smallest absolute Gasteiger partial charge is 0.169 e. The van der Waals surface area contributed by atoms with Crippen molar-refractivity contribution in [3.8, 4) is 11.1 Å². The lowest BCUT2D eigenvalue weighted by Crippen LogP contribution is -2.25. The molecule has 1 aromatic carbocycles. The molecule has 3 aromatic rings. The third-order valence-electron chi connectivity index (χ3n) is 3.89. The van der Waals surface area contributed by atoms with E-state index in [1.54, 1.807) is 0 Å². The van der Waals surface area contributed by atoms with Gasteiger partial charge in [0.2, 0.25) is 0 Å². The Balaban J connectivity index is 1.94. The summed E-state index contributed by atoms with van der Waals surface area (Å²) >= 11 is 0. The van der Waals surface area contributed by atoms with Gasteiger partial charge < -0.3 is 0 Å². The Bertz CT molecular complexity index is 798. The highest BCUT2D eigenvalue weighted by Gasteiger charge is 2.23. The number of fused-ring (bicyclic) bond motifs is 3. The van der Waals surface area contributed by atoms with Gasteiger partial charge in [-0.3, -0.25) is 4.98 Å². The molecule has 0 fully saturated rings. The maximum atomic E-state index is 4.60. The van der Waals surface area contributed by atoms with Crippen LogP contribution in [0.25, 0.3) is 22.8 Å². The number of hydrogen-bond donors (Lipinski definition) is 0. The molecule has 0 saturated carbocycles. The van der Waals surface area contributed by atoms with Crippen LogP contribution in [0.1, 0.15) is 16.8 Å². The predicted molar refractivity (Wildman–Crippen MR) is 84.3 cm³/mol. The zero-order valence-corrected chi connectivity index (χ0v) is 11.8. The van der Waals surface area contributed by atoms with Crippen LogP contribution < -0.4 is 4.57 Å². The van der Waals surface area contributed by atoms with Gasteiger partial charge in [0, 0.05) is 29.5 Å². The number of rotatable bonds is 1. The third kappa shape index (κ3) is 1.96. The minimum Gasteiger partial charge on any atom is -0.256 e. The highest BCUT2D eigenvalue weighted by molar-refractivity contribution is 6.05. The Kier molecular flexibility index (Phi) is 2.68. The van der Waals surface area contributed by atoms with E-state index < -0.39 is 0 Å². The molecule has 21 heavy (non-hydrogen) atoms. The molecule has 0 bridgehead atoms. The Hall–Kier alpha value is -2.74. The van der Waals surface area contributed by atoms with Gasteiger partial charge in [-0.25, -0.2) is 4.57 Å². The molecule has 0 radical (unpaired) electrons. The molecular weight excluding hydrogens is 256 g/mol. The summed E-state index contributed by atoms with van der Waals surface area (Å²) in [7, 11) is 2.03. The number of pyridine rings is 2. The van der Waals surface area contributed by atoms with Crippen molar-refractivity contribution in [2.24, 2.45) is 7.05 Å². The van der Waals surface area contributed by atoms with Crippen molar-refractivity contribution in [1.82, 2.24) is 4.98 Å². The average Bonchev–Trinajstić information content (AvgIpc) is 2.85. The van der Waals surface area contributed by atoms with Gasteiger partial charge in [-0.05, 0) is 28.8 Å². The Morgan fingerprint density at radius 2 is 1.57 bits per heavy atom. The van der Waals surface area contributed by atoms with Crippen molar-refractivity contribution in [3.63, 3.8) is 0 Å². The van der Waals surface area contributed by atoms with Gasteiger partial charge in [0.25, 0.3) is 0 Å². The molecule has 2 heterocycles. The fourth-order valence-corrected chi connectivity index (χ4v) is 2.84. The number of benzene rings is 1. The van der Waals surface area contributed by atoms with Crippen molar-refractivity contribution in [2.75, 3.05) is 0 Å². The van der Waals surface area contributed by atoms with Crippen LogP contribution in [0.15, 0.2) is 67.1 Å². The van der Waals surface area contributed by atoms with Crippen LogP contribution >= 0.6 is 0 Å². The maximum Gasteiger partial charge on any atom is 0.169 e. The van der Waals surface area contributed by atoms with E-state index in [0.29, 0.717) is 0 Å². The van der Waals surface area contributed by atoms with Crippen molar-refractivity contribution in [1.29, 1.82) is 0 Å². The van der Waals surface area contributed by atoms with Crippen LogP contribution in [0.2, 0.25) is 0 Å². The molecule has 0 unspecified atom stereocenters. The normalized spacial score (nSPS) is 14.0. The SMILES string of the molecule is C[n+]1ccc(/C=C2\c3ccccc3-c3cccnc32)cc1. The van der Waals surface area contributed by atoms with Gasteiger partial charge in [0.15, 0.2) is 12.4 Å². The van der Waals surface area contributed by atoms with Crippen molar-refractivity contribution >= 4 is 11.6 Å². The Labute approximate surface area is 124 Å². The van der Waals surface area contributed by atoms with Crippen LogP contribution in [0.3, 0.4) is 0 Å². The summed E-state index contributed by atoms with van der Waals surface area (Å²) < 4.78 is 2.04. The second-order valence-electron chi connectivity index (χ2n) is 5.30. The van der Waals surface area contributed by atoms with Crippen molar-refractivity contribution in [2.45, 2.75) is 0 Å². The summed E-state index contributed by atoms with van der Waals surface area (Å²) in [5.41, 5.74) is 7.23. The van der Waals surface area contributed by atoms with E-state index in [2.05, 4.69) is 65.9 Å². The summed E-state index contributed by atoms with van der Waals surface area (Å²) in [4.78, 5) is 4.60. The van der Waals surface area contributed by atoms with Gasteiger partial charge in [-0.1, -0.05) is 30.3 Å². The van der Waals surface area contributed by atoms with Crippen LogP contribution in [0.5, 0.6) is 0 Å². The Morgan fingerprint density at radius 3 is 2.38 bits per heavy atom.